The van der Waals surface area contributed by atoms with Crippen molar-refractivity contribution in [2.75, 3.05) is 24.5 Å². The summed E-state index contributed by atoms with van der Waals surface area (Å²) in [4.78, 5) is 24.7. The summed E-state index contributed by atoms with van der Waals surface area (Å²) in [5, 5.41) is 0. The maximum atomic E-state index is 13.1. The van der Waals surface area contributed by atoms with Crippen LogP contribution in [0.3, 0.4) is 0 Å². The van der Waals surface area contributed by atoms with E-state index in [-0.39, 0.29) is 23.6 Å². The van der Waals surface area contributed by atoms with E-state index in [9.17, 15) is 9.18 Å². The lowest BCUT2D eigenvalue weighted by Gasteiger charge is -2.36. The lowest BCUT2D eigenvalue weighted by Crippen LogP contribution is -2.47. The minimum atomic E-state index is -0.227. The molecular formula is C20H25FN4O2. The number of hydrogen-bond donors (Lipinski definition) is 1. The second-order valence-corrected chi connectivity index (χ2v) is 7.56. The first-order valence-electron chi connectivity index (χ1n) is 9.47. The molecule has 1 aromatic carbocycles. The van der Waals surface area contributed by atoms with Gasteiger partial charge in [0.05, 0.1) is 17.9 Å². The number of fused-ring (bicyclic) bond motifs is 1. The molecule has 0 bridgehead atoms. The highest BCUT2D eigenvalue weighted by Crippen LogP contribution is 2.21. The molecule has 2 atom stereocenters. The Bertz CT molecular complexity index is 857. The summed E-state index contributed by atoms with van der Waals surface area (Å²) < 4.78 is 18.9. The van der Waals surface area contributed by atoms with Gasteiger partial charge in [0.2, 0.25) is 5.95 Å². The molecule has 0 unspecified atom stereocenters. The predicted molar refractivity (Wildman–Crippen MR) is 101 cm³/mol. The van der Waals surface area contributed by atoms with Crippen LogP contribution in [-0.2, 0) is 24.2 Å². The van der Waals surface area contributed by atoms with Gasteiger partial charge in [-0.15, -0.1) is 0 Å². The van der Waals surface area contributed by atoms with Crippen LogP contribution in [0, 0.1) is 5.82 Å². The molecule has 6 nitrogen and oxygen atoms in total. The quantitative estimate of drug-likeness (QED) is 0.894. The van der Waals surface area contributed by atoms with Crippen LogP contribution in [0.4, 0.5) is 10.3 Å². The molecule has 4 rings (SSSR count). The van der Waals surface area contributed by atoms with Gasteiger partial charge in [-0.1, -0.05) is 12.1 Å². The number of nitrogens with one attached hydrogen (secondary N) is 1. The Hall–Kier alpha value is -2.25. The predicted octanol–water partition coefficient (Wildman–Crippen LogP) is 2.08. The number of anilines is 1. The zero-order chi connectivity index (χ0) is 19.0. The average Bonchev–Trinajstić information content (AvgIpc) is 2.62. The van der Waals surface area contributed by atoms with Gasteiger partial charge in [-0.05, 0) is 38.0 Å². The normalized spacial score (nSPS) is 23.3. The summed E-state index contributed by atoms with van der Waals surface area (Å²) in [7, 11) is 0. The van der Waals surface area contributed by atoms with E-state index in [2.05, 4.69) is 14.8 Å². The number of aromatic nitrogens is 2. The zero-order valence-electron chi connectivity index (χ0n) is 15.7. The van der Waals surface area contributed by atoms with Gasteiger partial charge in [0.25, 0.3) is 5.56 Å². The molecule has 2 aliphatic heterocycles. The molecule has 2 aliphatic rings. The Labute approximate surface area is 158 Å². The zero-order valence-corrected chi connectivity index (χ0v) is 15.7. The van der Waals surface area contributed by atoms with Gasteiger partial charge in [0.15, 0.2) is 0 Å². The van der Waals surface area contributed by atoms with Crippen LogP contribution in [0.5, 0.6) is 0 Å². The molecule has 1 N–H and O–H groups in total. The Balaban J connectivity index is 1.54. The number of aromatic amines is 1. The second kappa shape index (κ2) is 7.40. The summed E-state index contributed by atoms with van der Waals surface area (Å²) in [6.45, 7) is 7.62. The van der Waals surface area contributed by atoms with Crippen molar-refractivity contribution >= 4 is 5.95 Å². The Morgan fingerprint density at radius 1 is 1.22 bits per heavy atom. The van der Waals surface area contributed by atoms with Crippen molar-refractivity contribution in [1.29, 1.82) is 0 Å². The lowest BCUT2D eigenvalue weighted by atomic mass is 10.1. The van der Waals surface area contributed by atoms with Crippen molar-refractivity contribution < 1.29 is 9.13 Å². The van der Waals surface area contributed by atoms with E-state index in [4.69, 9.17) is 9.72 Å². The topological polar surface area (TPSA) is 61.5 Å². The van der Waals surface area contributed by atoms with Gasteiger partial charge in [-0.25, -0.2) is 9.37 Å². The van der Waals surface area contributed by atoms with E-state index in [1.165, 1.54) is 12.1 Å². The first-order chi connectivity index (χ1) is 13.0. The minimum absolute atomic E-state index is 0.0387. The van der Waals surface area contributed by atoms with Gasteiger partial charge >= 0.3 is 0 Å². The summed E-state index contributed by atoms with van der Waals surface area (Å²) in [5.41, 5.74) is 2.64. The molecule has 2 aromatic rings. The molecule has 0 aliphatic carbocycles. The van der Waals surface area contributed by atoms with Crippen molar-refractivity contribution in [2.45, 2.75) is 45.6 Å². The fourth-order valence-corrected chi connectivity index (χ4v) is 3.96. The molecule has 1 aromatic heterocycles. The molecule has 0 radical (unpaired) electrons. The van der Waals surface area contributed by atoms with Gasteiger partial charge in [-0.2, -0.15) is 0 Å². The maximum Gasteiger partial charge on any atom is 0.255 e. The third-order valence-electron chi connectivity index (χ3n) is 5.18. The Morgan fingerprint density at radius 3 is 2.63 bits per heavy atom. The van der Waals surface area contributed by atoms with E-state index in [1.54, 1.807) is 12.1 Å². The SMILES string of the molecule is C[C@@H]1CN(c2nc3c(c(=O)[nH]2)CCN(Cc2ccc(F)cc2)C3)C[C@@H](C)O1. The van der Waals surface area contributed by atoms with Crippen molar-refractivity contribution in [2.24, 2.45) is 0 Å². The summed E-state index contributed by atoms with van der Waals surface area (Å²) >= 11 is 0. The van der Waals surface area contributed by atoms with Crippen molar-refractivity contribution in [3.8, 4) is 0 Å². The van der Waals surface area contributed by atoms with Crippen molar-refractivity contribution in [3.63, 3.8) is 0 Å². The van der Waals surface area contributed by atoms with Crippen LogP contribution in [0.2, 0.25) is 0 Å². The number of H-pyrrole nitrogens is 1. The monoisotopic (exact) mass is 372 g/mol. The van der Waals surface area contributed by atoms with Crippen LogP contribution in [-0.4, -0.2) is 46.7 Å². The van der Waals surface area contributed by atoms with Crippen molar-refractivity contribution in [3.05, 3.63) is 57.3 Å². The second-order valence-electron chi connectivity index (χ2n) is 7.56. The number of benzene rings is 1. The molecule has 0 amide bonds. The van der Waals surface area contributed by atoms with Gasteiger partial charge < -0.3 is 9.64 Å². The fraction of sp³-hybridized carbons (Fsp3) is 0.500. The van der Waals surface area contributed by atoms with Crippen LogP contribution in [0.1, 0.15) is 30.7 Å². The van der Waals surface area contributed by atoms with Crippen LogP contribution >= 0.6 is 0 Å². The molecule has 1 saturated heterocycles. The van der Waals surface area contributed by atoms with E-state index < -0.39 is 0 Å². The van der Waals surface area contributed by atoms with Crippen LogP contribution in [0.15, 0.2) is 29.1 Å². The summed E-state index contributed by atoms with van der Waals surface area (Å²) in [6.07, 6.45) is 0.879. The number of halogens is 1. The highest BCUT2D eigenvalue weighted by atomic mass is 19.1. The van der Waals surface area contributed by atoms with E-state index in [0.29, 0.717) is 32.0 Å². The molecule has 0 saturated carbocycles. The molecule has 1 fully saturated rings. The van der Waals surface area contributed by atoms with Gasteiger partial charge in [-0.3, -0.25) is 14.7 Å². The largest absolute Gasteiger partial charge is 0.372 e. The highest BCUT2D eigenvalue weighted by molar-refractivity contribution is 5.35. The molecule has 27 heavy (non-hydrogen) atoms. The fourth-order valence-electron chi connectivity index (χ4n) is 3.96. The molecule has 3 heterocycles. The lowest BCUT2D eigenvalue weighted by molar-refractivity contribution is -0.00576. The van der Waals surface area contributed by atoms with Crippen molar-refractivity contribution in [1.82, 2.24) is 14.9 Å². The Kier molecular flexibility index (Phi) is 4.97. The standard InChI is InChI=1S/C20H25FN4O2/c1-13-9-25(10-14(2)27-13)20-22-18-12-24(8-7-17(18)19(26)23-20)11-15-3-5-16(21)6-4-15/h3-6,13-14H,7-12H2,1-2H3,(H,22,23,26)/t13-,14-/m1/s1. The van der Waals surface area contributed by atoms with Gasteiger partial charge in [0.1, 0.15) is 5.82 Å². The molecule has 0 spiro atoms. The molecular weight excluding hydrogens is 347 g/mol. The summed E-state index contributed by atoms with van der Waals surface area (Å²) in [6, 6.07) is 6.57. The first kappa shape index (κ1) is 18.1. The summed E-state index contributed by atoms with van der Waals surface area (Å²) in [5.74, 6) is 0.402. The third kappa shape index (κ3) is 4.04. The smallest absolute Gasteiger partial charge is 0.255 e. The highest BCUT2D eigenvalue weighted by Gasteiger charge is 2.26. The average molecular weight is 372 g/mol. The van der Waals surface area contributed by atoms with Gasteiger partial charge in [0, 0.05) is 38.3 Å². The number of hydrogen-bond acceptors (Lipinski definition) is 5. The van der Waals surface area contributed by atoms with E-state index in [0.717, 1.165) is 29.9 Å². The first-order valence-corrected chi connectivity index (χ1v) is 9.47. The number of morpholine rings is 1. The minimum Gasteiger partial charge on any atom is -0.372 e. The van der Waals surface area contributed by atoms with Crippen LogP contribution in [0.25, 0.3) is 0 Å². The Morgan fingerprint density at radius 2 is 1.93 bits per heavy atom. The van der Waals surface area contributed by atoms with E-state index >= 15 is 0 Å². The molecule has 144 valence electrons. The third-order valence-corrected chi connectivity index (χ3v) is 5.18. The van der Waals surface area contributed by atoms with Crippen LogP contribution < -0.4 is 10.5 Å². The number of nitrogens with zero attached hydrogens (tertiary/aromatic N) is 3. The molecule has 7 heteroatoms. The number of rotatable bonds is 3. The number of ether oxygens (including phenoxy) is 1. The maximum absolute atomic E-state index is 13.1. The van der Waals surface area contributed by atoms with E-state index in [1.807, 2.05) is 13.8 Å².